The molecule has 4 nitrogen and oxygen atoms in total. The van der Waals surface area contributed by atoms with Gasteiger partial charge in [0.1, 0.15) is 5.75 Å². The number of aromatic hydroxyl groups is 1. The molecule has 1 aromatic carbocycles. The van der Waals surface area contributed by atoms with Gasteiger partial charge in [0, 0.05) is 26.1 Å². The predicted molar refractivity (Wildman–Crippen MR) is 54.6 cm³/mol. The molecule has 1 aliphatic heterocycles. The second kappa shape index (κ2) is 3.21. The lowest BCUT2D eigenvalue weighted by molar-refractivity contribution is -0.118. The molecule has 2 N–H and O–H groups in total. The number of carbonyl (C=O) groups is 1. The van der Waals surface area contributed by atoms with Crippen molar-refractivity contribution in [3.05, 3.63) is 18.2 Å². The maximum absolute atomic E-state index is 11.5. The Morgan fingerprint density at radius 3 is 3.07 bits per heavy atom. The van der Waals surface area contributed by atoms with Crippen LogP contribution in [0.15, 0.2) is 18.2 Å². The number of carbonyl (C=O) groups excluding carboxylic acids is 1. The first-order chi connectivity index (χ1) is 6.68. The number of benzene rings is 1. The van der Waals surface area contributed by atoms with Crippen LogP contribution in [0.4, 0.5) is 11.4 Å². The maximum atomic E-state index is 11.5. The number of nitrogens with one attached hydrogen (secondary N) is 1. The van der Waals surface area contributed by atoms with E-state index in [1.807, 2.05) is 0 Å². The van der Waals surface area contributed by atoms with Gasteiger partial charge >= 0.3 is 0 Å². The average molecular weight is 192 g/mol. The summed E-state index contributed by atoms with van der Waals surface area (Å²) in [5.74, 6) is 0.231. The Hall–Kier alpha value is -1.71. The summed E-state index contributed by atoms with van der Waals surface area (Å²) in [5, 5.41) is 12.5. The number of rotatable bonds is 0. The molecule has 0 aromatic heterocycles. The van der Waals surface area contributed by atoms with Crippen molar-refractivity contribution >= 4 is 17.3 Å². The van der Waals surface area contributed by atoms with Gasteiger partial charge in [0.05, 0.1) is 11.4 Å². The third-order valence-corrected chi connectivity index (χ3v) is 2.37. The quantitative estimate of drug-likeness (QED) is 0.607. The highest BCUT2D eigenvalue weighted by Gasteiger charge is 2.18. The van der Waals surface area contributed by atoms with E-state index in [2.05, 4.69) is 5.32 Å². The molecule has 0 saturated heterocycles. The number of amides is 1. The van der Waals surface area contributed by atoms with Crippen LogP contribution in [0.1, 0.15) is 6.42 Å². The van der Waals surface area contributed by atoms with Gasteiger partial charge in [0.2, 0.25) is 5.91 Å². The van der Waals surface area contributed by atoms with Crippen molar-refractivity contribution in [2.24, 2.45) is 0 Å². The fourth-order valence-electron chi connectivity index (χ4n) is 1.55. The van der Waals surface area contributed by atoms with Crippen molar-refractivity contribution in [3.8, 4) is 5.75 Å². The number of hydrogen-bond acceptors (Lipinski definition) is 3. The molecule has 1 aromatic rings. The van der Waals surface area contributed by atoms with Gasteiger partial charge < -0.3 is 15.3 Å². The van der Waals surface area contributed by atoms with Gasteiger partial charge in [0.25, 0.3) is 0 Å². The summed E-state index contributed by atoms with van der Waals surface area (Å²) in [6, 6.07) is 4.97. The Balaban J connectivity index is 2.49. The van der Waals surface area contributed by atoms with Gasteiger partial charge in [-0.2, -0.15) is 0 Å². The zero-order chi connectivity index (χ0) is 10.1. The summed E-state index contributed by atoms with van der Waals surface area (Å²) < 4.78 is 0. The van der Waals surface area contributed by atoms with Gasteiger partial charge in [-0.1, -0.05) is 0 Å². The first kappa shape index (κ1) is 8.87. The minimum absolute atomic E-state index is 0.0573. The van der Waals surface area contributed by atoms with E-state index < -0.39 is 0 Å². The number of phenolic OH excluding ortho intramolecular Hbond substituents is 1. The van der Waals surface area contributed by atoms with E-state index in [1.54, 1.807) is 30.1 Å². The van der Waals surface area contributed by atoms with E-state index in [4.69, 9.17) is 0 Å². The number of nitrogens with zero attached hydrogens (tertiary/aromatic N) is 1. The molecule has 74 valence electrons. The van der Waals surface area contributed by atoms with Crippen molar-refractivity contribution < 1.29 is 9.90 Å². The van der Waals surface area contributed by atoms with Crippen molar-refractivity contribution in [1.29, 1.82) is 0 Å². The monoisotopic (exact) mass is 192 g/mol. The molecule has 2 rings (SSSR count). The van der Waals surface area contributed by atoms with Gasteiger partial charge in [0.15, 0.2) is 0 Å². The molecule has 0 radical (unpaired) electrons. The van der Waals surface area contributed by atoms with E-state index in [9.17, 15) is 9.90 Å². The summed E-state index contributed by atoms with van der Waals surface area (Å²) >= 11 is 0. The van der Waals surface area contributed by atoms with Crippen LogP contribution in [0.2, 0.25) is 0 Å². The molecule has 4 heteroatoms. The summed E-state index contributed by atoms with van der Waals surface area (Å²) in [5.41, 5.74) is 1.61. The Labute approximate surface area is 82.2 Å². The predicted octanol–water partition coefficient (Wildman–Crippen LogP) is 1.17. The van der Waals surface area contributed by atoms with Crippen molar-refractivity contribution in [2.75, 3.05) is 23.8 Å². The lowest BCUT2D eigenvalue weighted by Gasteiger charge is -2.16. The van der Waals surface area contributed by atoms with Crippen molar-refractivity contribution in [1.82, 2.24) is 0 Å². The maximum Gasteiger partial charge on any atom is 0.228 e. The molecule has 14 heavy (non-hydrogen) atoms. The Morgan fingerprint density at radius 2 is 2.29 bits per heavy atom. The Morgan fingerprint density at radius 1 is 1.50 bits per heavy atom. The zero-order valence-corrected chi connectivity index (χ0v) is 7.95. The number of anilines is 2. The fraction of sp³-hybridized carbons (Fsp3) is 0.300. The smallest absolute Gasteiger partial charge is 0.228 e. The Bertz CT molecular complexity index is 376. The van der Waals surface area contributed by atoms with Crippen LogP contribution in [-0.2, 0) is 4.79 Å². The van der Waals surface area contributed by atoms with Gasteiger partial charge in [-0.3, -0.25) is 4.79 Å². The lowest BCUT2D eigenvalue weighted by atomic mass is 10.2. The minimum atomic E-state index is 0.0573. The molecular formula is C10H12N2O2. The number of hydrogen-bond donors (Lipinski definition) is 2. The molecule has 0 atom stereocenters. The first-order valence-electron chi connectivity index (χ1n) is 4.52. The highest BCUT2D eigenvalue weighted by atomic mass is 16.3. The van der Waals surface area contributed by atoms with Crippen LogP contribution in [0.5, 0.6) is 5.75 Å². The van der Waals surface area contributed by atoms with Crippen LogP contribution in [0.25, 0.3) is 0 Å². The molecule has 0 spiro atoms. The number of fused-ring (bicyclic) bond motifs is 1. The second-order valence-corrected chi connectivity index (χ2v) is 3.33. The Kier molecular flexibility index (Phi) is 2.04. The highest BCUT2D eigenvalue weighted by Crippen LogP contribution is 2.31. The summed E-state index contributed by atoms with van der Waals surface area (Å²) in [7, 11) is 1.72. The van der Waals surface area contributed by atoms with Crippen LogP contribution >= 0.6 is 0 Å². The van der Waals surface area contributed by atoms with E-state index in [0.29, 0.717) is 13.0 Å². The van der Waals surface area contributed by atoms with Gasteiger partial charge in [-0.05, 0) is 12.1 Å². The van der Waals surface area contributed by atoms with Crippen LogP contribution in [0.3, 0.4) is 0 Å². The minimum Gasteiger partial charge on any atom is -0.508 e. The third kappa shape index (κ3) is 1.39. The molecule has 1 heterocycles. The van der Waals surface area contributed by atoms with E-state index in [0.717, 1.165) is 11.4 Å². The SMILES string of the molecule is CN1C(=O)CCNc2ccc(O)cc21. The number of phenols is 1. The molecular weight excluding hydrogens is 180 g/mol. The first-order valence-corrected chi connectivity index (χ1v) is 4.52. The summed E-state index contributed by atoms with van der Waals surface area (Å²) in [6.07, 6.45) is 0.478. The topological polar surface area (TPSA) is 52.6 Å². The van der Waals surface area contributed by atoms with E-state index >= 15 is 0 Å². The molecule has 1 aliphatic rings. The fourth-order valence-corrected chi connectivity index (χ4v) is 1.55. The summed E-state index contributed by atoms with van der Waals surface area (Å²) in [4.78, 5) is 13.1. The standard InChI is InChI=1S/C10H12N2O2/c1-12-9-6-7(13)2-3-8(9)11-5-4-10(12)14/h2-3,6,11,13H,4-5H2,1H3. The molecule has 0 bridgehead atoms. The van der Waals surface area contributed by atoms with Crippen LogP contribution in [-0.4, -0.2) is 24.6 Å². The lowest BCUT2D eigenvalue weighted by Crippen LogP contribution is -2.25. The normalized spacial score (nSPS) is 15.8. The molecule has 0 aliphatic carbocycles. The van der Waals surface area contributed by atoms with Crippen LogP contribution in [0, 0.1) is 0 Å². The van der Waals surface area contributed by atoms with E-state index in [1.165, 1.54) is 0 Å². The third-order valence-electron chi connectivity index (χ3n) is 2.37. The molecule has 0 saturated carbocycles. The molecule has 0 unspecified atom stereocenters. The zero-order valence-electron chi connectivity index (χ0n) is 7.95. The van der Waals surface area contributed by atoms with Crippen LogP contribution < -0.4 is 10.2 Å². The molecule has 0 fully saturated rings. The molecule has 1 amide bonds. The largest absolute Gasteiger partial charge is 0.508 e. The average Bonchev–Trinajstić information content (AvgIpc) is 2.30. The van der Waals surface area contributed by atoms with Gasteiger partial charge in [-0.15, -0.1) is 0 Å². The second-order valence-electron chi connectivity index (χ2n) is 3.33. The van der Waals surface area contributed by atoms with Gasteiger partial charge in [-0.25, -0.2) is 0 Å². The highest BCUT2D eigenvalue weighted by molar-refractivity contribution is 5.98. The van der Waals surface area contributed by atoms with Crippen molar-refractivity contribution in [3.63, 3.8) is 0 Å². The van der Waals surface area contributed by atoms with E-state index in [-0.39, 0.29) is 11.7 Å². The van der Waals surface area contributed by atoms with Crippen molar-refractivity contribution in [2.45, 2.75) is 6.42 Å². The summed E-state index contributed by atoms with van der Waals surface area (Å²) in [6.45, 7) is 0.640.